The number of ether oxygens (including phenoxy) is 1. The summed E-state index contributed by atoms with van der Waals surface area (Å²) >= 11 is 9.32. The molecule has 0 unspecified atom stereocenters. The van der Waals surface area contributed by atoms with E-state index in [-0.39, 0.29) is 10.5 Å². The molecular weight excluding hydrogens is 330 g/mol. The van der Waals surface area contributed by atoms with E-state index in [1.54, 1.807) is 12.1 Å². The molecule has 98 valence electrons. The van der Waals surface area contributed by atoms with E-state index in [0.29, 0.717) is 16.8 Å². The molecule has 0 fully saturated rings. The fraction of sp³-hybridized carbons (Fsp3) is 0.0769. The van der Waals surface area contributed by atoms with E-state index in [9.17, 15) is 10.0 Å². The van der Waals surface area contributed by atoms with Gasteiger partial charge in [-0.2, -0.15) is 0 Å². The summed E-state index contributed by atoms with van der Waals surface area (Å²) in [5.41, 5.74) is 1.21. The third-order valence-corrected chi connectivity index (χ3v) is 3.67. The highest BCUT2D eigenvalue weighted by Crippen LogP contribution is 2.27. The minimum absolute atomic E-state index is 0.195. The highest BCUT2D eigenvalue weighted by atomic mass is 79.9. The van der Waals surface area contributed by atoms with Gasteiger partial charge < -0.3 is 14.8 Å². The molecule has 0 amide bonds. The molecule has 2 aromatic rings. The van der Waals surface area contributed by atoms with E-state index in [1.807, 2.05) is 30.3 Å². The summed E-state index contributed by atoms with van der Waals surface area (Å²) in [6, 6.07) is 13.0. The average Bonchev–Trinajstić information content (AvgIpc) is 2.38. The van der Waals surface area contributed by atoms with Crippen LogP contribution in [-0.2, 0) is 6.61 Å². The number of halogens is 2. The van der Waals surface area contributed by atoms with Crippen molar-refractivity contribution in [3.63, 3.8) is 0 Å². The molecular formula is C13H11BBrClO3. The van der Waals surface area contributed by atoms with E-state index in [0.717, 1.165) is 5.56 Å². The molecule has 0 aromatic heterocycles. The molecule has 19 heavy (non-hydrogen) atoms. The summed E-state index contributed by atoms with van der Waals surface area (Å²) in [6.45, 7) is 0.364. The summed E-state index contributed by atoms with van der Waals surface area (Å²) in [4.78, 5) is 0. The van der Waals surface area contributed by atoms with Gasteiger partial charge in [0.1, 0.15) is 12.4 Å². The molecule has 6 heteroatoms. The van der Waals surface area contributed by atoms with Crippen LogP contribution < -0.4 is 10.2 Å². The fourth-order valence-corrected chi connectivity index (χ4v) is 2.60. The number of rotatable bonds is 4. The van der Waals surface area contributed by atoms with Gasteiger partial charge in [0, 0.05) is 9.94 Å². The lowest BCUT2D eigenvalue weighted by Crippen LogP contribution is -2.32. The van der Waals surface area contributed by atoms with Crippen LogP contribution >= 0.6 is 27.5 Å². The van der Waals surface area contributed by atoms with Gasteiger partial charge in [0.05, 0.1) is 5.02 Å². The molecule has 0 heterocycles. The fourth-order valence-electron chi connectivity index (χ4n) is 1.63. The largest absolute Gasteiger partial charge is 0.491 e. The molecule has 2 N–H and O–H groups in total. The topological polar surface area (TPSA) is 49.7 Å². The predicted octanol–water partition coefficient (Wildman–Crippen LogP) is 2.36. The number of hydrogen-bond acceptors (Lipinski definition) is 3. The predicted molar refractivity (Wildman–Crippen MR) is 79.8 cm³/mol. The van der Waals surface area contributed by atoms with Gasteiger partial charge in [-0.15, -0.1) is 0 Å². The molecule has 0 aliphatic rings. The van der Waals surface area contributed by atoms with Crippen molar-refractivity contribution in [1.29, 1.82) is 0 Å². The van der Waals surface area contributed by atoms with Crippen LogP contribution in [0.25, 0.3) is 0 Å². The summed E-state index contributed by atoms with van der Waals surface area (Å²) in [5.74, 6) is 0.414. The molecule has 0 bridgehead atoms. The SMILES string of the molecule is OB(O)c1c(Br)ccc(OCc2ccccc2)c1Cl. The lowest BCUT2D eigenvalue weighted by Gasteiger charge is -2.12. The minimum Gasteiger partial charge on any atom is -0.487 e. The Morgan fingerprint density at radius 1 is 1.11 bits per heavy atom. The van der Waals surface area contributed by atoms with Crippen molar-refractivity contribution in [2.45, 2.75) is 6.61 Å². The van der Waals surface area contributed by atoms with Crippen LogP contribution in [0.1, 0.15) is 5.56 Å². The molecule has 3 nitrogen and oxygen atoms in total. The molecule has 0 aliphatic heterocycles. The molecule has 0 radical (unpaired) electrons. The molecule has 0 spiro atoms. The molecule has 2 rings (SSSR count). The second-order valence-electron chi connectivity index (χ2n) is 3.92. The first-order valence-corrected chi connectivity index (χ1v) is 6.77. The van der Waals surface area contributed by atoms with Crippen molar-refractivity contribution in [3.8, 4) is 5.75 Å². The monoisotopic (exact) mass is 340 g/mol. The first-order chi connectivity index (χ1) is 9.09. The maximum atomic E-state index is 9.28. The van der Waals surface area contributed by atoms with E-state index in [2.05, 4.69) is 15.9 Å². The van der Waals surface area contributed by atoms with Crippen LogP contribution in [0, 0.1) is 0 Å². The third kappa shape index (κ3) is 3.51. The number of benzene rings is 2. The summed E-state index contributed by atoms with van der Waals surface area (Å²) < 4.78 is 6.12. The zero-order chi connectivity index (χ0) is 13.8. The quantitative estimate of drug-likeness (QED) is 0.840. The van der Waals surface area contributed by atoms with Crippen LogP contribution in [-0.4, -0.2) is 17.2 Å². The maximum Gasteiger partial charge on any atom is 0.491 e. The van der Waals surface area contributed by atoms with Crippen molar-refractivity contribution in [3.05, 3.63) is 57.5 Å². The normalized spacial score (nSPS) is 10.3. The Morgan fingerprint density at radius 3 is 2.42 bits per heavy atom. The van der Waals surface area contributed by atoms with Gasteiger partial charge in [0.15, 0.2) is 0 Å². The van der Waals surface area contributed by atoms with Gasteiger partial charge >= 0.3 is 7.12 Å². The average molecular weight is 341 g/mol. The van der Waals surface area contributed by atoms with Gasteiger partial charge in [-0.1, -0.05) is 57.9 Å². The molecule has 0 aliphatic carbocycles. The first kappa shape index (κ1) is 14.4. The first-order valence-electron chi connectivity index (χ1n) is 5.60. The lowest BCUT2D eigenvalue weighted by molar-refractivity contribution is 0.306. The second-order valence-corrected chi connectivity index (χ2v) is 5.15. The van der Waals surface area contributed by atoms with Crippen molar-refractivity contribution in [1.82, 2.24) is 0 Å². The van der Waals surface area contributed by atoms with Crippen molar-refractivity contribution >= 4 is 40.1 Å². The van der Waals surface area contributed by atoms with Crippen LogP contribution in [0.3, 0.4) is 0 Å². The van der Waals surface area contributed by atoms with Gasteiger partial charge in [0.25, 0.3) is 0 Å². The summed E-state index contributed by atoms with van der Waals surface area (Å²) in [6.07, 6.45) is 0. The van der Waals surface area contributed by atoms with Crippen LogP contribution in [0.2, 0.25) is 5.02 Å². The Morgan fingerprint density at radius 2 is 1.79 bits per heavy atom. The highest BCUT2D eigenvalue weighted by molar-refractivity contribution is 9.10. The van der Waals surface area contributed by atoms with E-state index < -0.39 is 7.12 Å². The zero-order valence-corrected chi connectivity index (χ0v) is 12.2. The lowest BCUT2D eigenvalue weighted by atomic mass is 9.80. The molecule has 0 saturated carbocycles. The van der Waals surface area contributed by atoms with Gasteiger partial charge in [-0.05, 0) is 17.7 Å². The minimum atomic E-state index is -1.65. The molecule has 2 aromatic carbocycles. The zero-order valence-electron chi connectivity index (χ0n) is 9.88. The van der Waals surface area contributed by atoms with E-state index >= 15 is 0 Å². The highest BCUT2D eigenvalue weighted by Gasteiger charge is 2.21. The van der Waals surface area contributed by atoms with Crippen molar-refractivity contribution in [2.75, 3.05) is 0 Å². The van der Waals surface area contributed by atoms with Gasteiger partial charge in [0.2, 0.25) is 0 Å². The summed E-state index contributed by atoms with van der Waals surface area (Å²) in [5, 5.41) is 18.8. The van der Waals surface area contributed by atoms with Gasteiger partial charge in [-0.3, -0.25) is 0 Å². The Bertz CT molecular complexity index is 563. The Labute approximate surface area is 125 Å². The smallest absolute Gasteiger partial charge is 0.487 e. The number of hydrogen-bond donors (Lipinski definition) is 2. The molecule has 0 saturated heterocycles. The standard InChI is InChI=1S/C13H11BBrClO3/c15-10-6-7-11(13(16)12(10)14(17)18)19-8-9-4-2-1-3-5-9/h1-7,17-18H,8H2. The van der Waals surface area contributed by atoms with Crippen LogP contribution in [0.5, 0.6) is 5.75 Å². The van der Waals surface area contributed by atoms with E-state index in [1.165, 1.54) is 0 Å². The van der Waals surface area contributed by atoms with Crippen LogP contribution in [0.15, 0.2) is 46.9 Å². The second kappa shape index (κ2) is 6.43. The van der Waals surface area contributed by atoms with Crippen molar-refractivity contribution < 1.29 is 14.8 Å². The Balaban J connectivity index is 2.20. The van der Waals surface area contributed by atoms with Crippen LogP contribution in [0.4, 0.5) is 0 Å². The molecule has 0 atom stereocenters. The van der Waals surface area contributed by atoms with Gasteiger partial charge in [-0.25, -0.2) is 0 Å². The van der Waals surface area contributed by atoms with E-state index in [4.69, 9.17) is 16.3 Å². The maximum absolute atomic E-state index is 9.28. The Kier molecular flexibility index (Phi) is 4.88. The summed E-state index contributed by atoms with van der Waals surface area (Å²) in [7, 11) is -1.65. The third-order valence-electron chi connectivity index (χ3n) is 2.59. The Hall–Kier alpha value is -1.01. The van der Waals surface area contributed by atoms with Crippen molar-refractivity contribution in [2.24, 2.45) is 0 Å².